The Balaban J connectivity index is 2.15. The number of allylic oxidation sites excluding steroid dienone is 1. The molecule has 0 saturated carbocycles. The molecule has 0 aliphatic rings. The lowest BCUT2D eigenvalue weighted by molar-refractivity contribution is -0.131. The molecule has 0 aromatic heterocycles. The minimum Gasteiger partial charge on any atom is -0.478 e. The van der Waals surface area contributed by atoms with Gasteiger partial charge in [0.15, 0.2) is 0 Å². The van der Waals surface area contributed by atoms with Crippen molar-refractivity contribution in [2.24, 2.45) is 0 Å². The van der Waals surface area contributed by atoms with E-state index in [1.807, 2.05) is 12.1 Å². The fourth-order valence-electron chi connectivity index (χ4n) is 2.04. The normalized spacial score (nSPS) is 11.4. The lowest BCUT2D eigenvalue weighted by Crippen LogP contribution is -1.95. The predicted molar refractivity (Wildman–Crippen MR) is 81.8 cm³/mol. The van der Waals surface area contributed by atoms with Crippen LogP contribution in [0.15, 0.2) is 54.6 Å². The Morgan fingerprint density at radius 1 is 1.10 bits per heavy atom. The third-order valence-electron chi connectivity index (χ3n) is 3.11. The van der Waals surface area contributed by atoms with Gasteiger partial charge in [-0.2, -0.15) is 0 Å². The van der Waals surface area contributed by atoms with E-state index in [2.05, 4.69) is 0 Å². The van der Waals surface area contributed by atoms with E-state index in [1.54, 1.807) is 24.3 Å². The molecule has 0 amide bonds. The topological polar surface area (TPSA) is 37.3 Å². The molecule has 2 rings (SSSR count). The van der Waals surface area contributed by atoms with Gasteiger partial charge in [-0.05, 0) is 53.8 Å². The number of hydrogen-bond acceptors (Lipinski definition) is 1. The number of carboxylic acids is 1. The highest BCUT2D eigenvalue weighted by atomic mass is 35.5. The molecule has 0 radical (unpaired) electrons. The Morgan fingerprint density at radius 2 is 1.71 bits per heavy atom. The number of aryl methyl sites for hydroxylation is 1. The lowest BCUT2D eigenvalue weighted by Gasteiger charge is -2.08. The molecule has 0 unspecified atom stereocenters. The summed E-state index contributed by atoms with van der Waals surface area (Å²) in [6.07, 6.45) is 2.41. The van der Waals surface area contributed by atoms with Gasteiger partial charge < -0.3 is 5.11 Å². The summed E-state index contributed by atoms with van der Waals surface area (Å²) < 4.78 is 13.0. The predicted octanol–water partition coefficient (Wildman–Crippen LogP) is 4.58. The first kappa shape index (κ1) is 15.3. The first-order valence-corrected chi connectivity index (χ1v) is 6.86. The highest BCUT2D eigenvalue weighted by molar-refractivity contribution is 6.30. The van der Waals surface area contributed by atoms with Crippen molar-refractivity contribution in [1.29, 1.82) is 0 Å². The number of hydrogen-bond donors (Lipinski definition) is 1. The molecule has 2 aromatic rings. The zero-order valence-electron chi connectivity index (χ0n) is 11.2. The molecule has 2 aromatic carbocycles. The molecule has 0 bridgehead atoms. The second-order valence-electron chi connectivity index (χ2n) is 4.64. The number of halogens is 2. The summed E-state index contributed by atoms with van der Waals surface area (Å²) in [5.41, 5.74) is 2.45. The Labute approximate surface area is 127 Å². The molecule has 108 valence electrons. The first-order chi connectivity index (χ1) is 10.0. The third-order valence-corrected chi connectivity index (χ3v) is 3.36. The van der Waals surface area contributed by atoms with E-state index in [4.69, 9.17) is 16.7 Å². The Hall–Kier alpha value is -2.13. The summed E-state index contributed by atoms with van der Waals surface area (Å²) >= 11 is 5.83. The average molecular weight is 305 g/mol. The summed E-state index contributed by atoms with van der Waals surface area (Å²) in [5.74, 6) is -1.35. The van der Waals surface area contributed by atoms with Gasteiger partial charge in [0.05, 0.1) is 0 Å². The second kappa shape index (κ2) is 7.04. The summed E-state index contributed by atoms with van der Waals surface area (Å²) in [6, 6.07) is 13.3. The summed E-state index contributed by atoms with van der Waals surface area (Å²) in [4.78, 5) is 10.9. The van der Waals surface area contributed by atoms with Gasteiger partial charge in [0.2, 0.25) is 0 Å². The molecule has 0 fully saturated rings. The van der Waals surface area contributed by atoms with Crippen molar-refractivity contribution in [3.8, 4) is 0 Å². The maximum Gasteiger partial charge on any atom is 0.328 e. The molecule has 0 aliphatic carbocycles. The number of benzene rings is 2. The van der Waals surface area contributed by atoms with Gasteiger partial charge >= 0.3 is 5.97 Å². The molecule has 0 saturated heterocycles. The van der Waals surface area contributed by atoms with Crippen LogP contribution in [-0.4, -0.2) is 11.1 Å². The molecule has 21 heavy (non-hydrogen) atoms. The van der Waals surface area contributed by atoms with Crippen molar-refractivity contribution in [3.63, 3.8) is 0 Å². The van der Waals surface area contributed by atoms with Gasteiger partial charge in [-0.1, -0.05) is 35.9 Å². The van der Waals surface area contributed by atoms with Crippen molar-refractivity contribution in [2.75, 3.05) is 0 Å². The van der Waals surface area contributed by atoms with E-state index in [0.29, 0.717) is 29.0 Å². The van der Waals surface area contributed by atoms with Crippen molar-refractivity contribution < 1.29 is 14.3 Å². The van der Waals surface area contributed by atoms with E-state index in [1.165, 1.54) is 18.2 Å². The quantitative estimate of drug-likeness (QED) is 0.821. The highest BCUT2D eigenvalue weighted by Crippen LogP contribution is 2.21. The maximum atomic E-state index is 13.0. The summed E-state index contributed by atoms with van der Waals surface area (Å²) in [7, 11) is 0. The van der Waals surface area contributed by atoms with Crippen LogP contribution >= 0.6 is 11.6 Å². The molecule has 0 spiro atoms. The Morgan fingerprint density at radius 3 is 2.29 bits per heavy atom. The van der Waals surface area contributed by atoms with E-state index < -0.39 is 5.97 Å². The van der Waals surface area contributed by atoms with Crippen molar-refractivity contribution >= 4 is 23.1 Å². The van der Waals surface area contributed by atoms with Crippen molar-refractivity contribution in [3.05, 3.63) is 76.6 Å². The monoisotopic (exact) mass is 304 g/mol. The fourth-order valence-corrected chi connectivity index (χ4v) is 2.17. The van der Waals surface area contributed by atoms with Crippen LogP contribution in [0, 0.1) is 5.82 Å². The molecule has 4 heteroatoms. The van der Waals surface area contributed by atoms with Crippen LogP contribution in [0.4, 0.5) is 4.39 Å². The standard InChI is InChI=1S/C17H14ClFO2/c18-15-7-2-12(3-8-15)1-4-14(11-17(20)21)13-5-9-16(19)10-6-13/h2-3,5-11H,1,4H2,(H,20,21). The Bertz CT molecular complexity index is 645. The SMILES string of the molecule is O=C(O)C=C(CCc1ccc(Cl)cc1)c1ccc(F)cc1. The van der Waals surface area contributed by atoms with Crippen LogP contribution in [0.3, 0.4) is 0 Å². The second-order valence-corrected chi connectivity index (χ2v) is 5.08. The smallest absolute Gasteiger partial charge is 0.328 e. The first-order valence-electron chi connectivity index (χ1n) is 6.48. The van der Waals surface area contributed by atoms with Gasteiger partial charge in [-0.15, -0.1) is 0 Å². The van der Waals surface area contributed by atoms with Crippen LogP contribution in [0.1, 0.15) is 17.5 Å². The lowest BCUT2D eigenvalue weighted by atomic mass is 9.98. The zero-order chi connectivity index (χ0) is 15.2. The van der Waals surface area contributed by atoms with Crippen LogP contribution in [0.25, 0.3) is 5.57 Å². The van der Waals surface area contributed by atoms with E-state index in [9.17, 15) is 9.18 Å². The fraction of sp³-hybridized carbons (Fsp3) is 0.118. The number of carboxylic acid groups (broad SMARTS) is 1. The van der Waals surface area contributed by atoms with Crippen molar-refractivity contribution in [1.82, 2.24) is 0 Å². The molecular formula is C17H14ClFO2. The van der Waals surface area contributed by atoms with Gasteiger partial charge in [0.25, 0.3) is 0 Å². The average Bonchev–Trinajstić information content (AvgIpc) is 2.46. The van der Waals surface area contributed by atoms with Crippen LogP contribution < -0.4 is 0 Å². The number of carbonyl (C=O) groups is 1. The highest BCUT2D eigenvalue weighted by Gasteiger charge is 2.06. The van der Waals surface area contributed by atoms with E-state index >= 15 is 0 Å². The number of rotatable bonds is 5. The zero-order valence-corrected chi connectivity index (χ0v) is 12.0. The minimum atomic E-state index is -1.01. The van der Waals surface area contributed by atoms with Crippen LogP contribution in [0.2, 0.25) is 5.02 Å². The Kier molecular flexibility index (Phi) is 5.12. The van der Waals surface area contributed by atoms with E-state index in [-0.39, 0.29) is 5.82 Å². The molecule has 0 aliphatic heterocycles. The third kappa shape index (κ3) is 4.72. The molecule has 1 N–H and O–H groups in total. The molecular weight excluding hydrogens is 291 g/mol. The van der Waals surface area contributed by atoms with Gasteiger partial charge in [0, 0.05) is 11.1 Å². The molecule has 0 heterocycles. The van der Waals surface area contributed by atoms with Gasteiger partial charge in [-0.3, -0.25) is 0 Å². The minimum absolute atomic E-state index is 0.342. The molecule has 0 atom stereocenters. The van der Waals surface area contributed by atoms with E-state index in [0.717, 1.165) is 5.56 Å². The van der Waals surface area contributed by atoms with Gasteiger partial charge in [-0.25, -0.2) is 9.18 Å². The van der Waals surface area contributed by atoms with Crippen molar-refractivity contribution in [2.45, 2.75) is 12.8 Å². The maximum absolute atomic E-state index is 13.0. The number of aliphatic carboxylic acids is 1. The van der Waals surface area contributed by atoms with Crippen LogP contribution in [0.5, 0.6) is 0 Å². The van der Waals surface area contributed by atoms with Crippen LogP contribution in [-0.2, 0) is 11.2 Å². The summed E-state index contributed by atoms with van der Waals surface area (Å²) in [6.45, 7) is 0. The van der Waals surface area contributed by atoms with Gasteiger partial charge in [0.1, 0.15) is 5.82 Å². The largest absolute Gasteiger partial charge is 0.478 e. The molecule has 2 nitrogen and oxygen atoms in total. The summed E-state index contributed by atoms with van der Waals surface area (Å²) in [5, 5.41) is 9.63.